The molecule has 0 aliphatic rings. The number of carbonyl (C=O) groups excluding carboxylic acids is 9. The van der Waals surface area contributed by atoms with Crippen molar-refractivity contribution in [2.24, 2.45) is 17.4 Å². The summed E-state index contributed by atoms with van der Waals surface area (Å²) in [7, 11) is 0. The number of aliphatic hydroxyl groups excluding tert-OH is 1. The fourth-order valence-electron chi connectivity index (χ4n) is 6.65. The summed E-state index contributed by atoms with van der Waals surface area (Å²) < 4.78 is 0. The van der Waals surface area contributed by atoms with Crippen molar-refractivity contribution >= 4 is 76.0 Å². The van der Waals surface area contributed by atoms with E-state index in [1.165, 1.54) is 20.8 Å². The molecule has 0 saturated carbocycles. The minimum Gasteiger partial charge on any atom is -0.481 e. The zero-order chi connectivity index (χ0) is 52.7. The smallest absolute Gasteiger partial charge is 0.326 e. The molecule has 0 radical (unpaired) electrons. The van der Waals surface area contributed by atoms with Gasteiger partial charge in [-0.3, -0.25) is 47.9 Å². The summed E-state index contributed by atoms with van der Waals surface area (Å²) in [6.07, 6.45) is 1.97. The number of aromatic amines is 1. The molecule has 0 aliphatic heterocycles. The molecule has 9 amide bonds. The Labute approximate surface area is 403 Å². The van der Waals surface area contributed by atoms with Crippen LogP contribution >= 0.6 is 0 Å². The van der Waals surface area contributed by atoms with Gasteiger partial charge >= 0.3 is 11.9 Å². The van der Waals surface area contributed by atoms with Crippen LogP contribution in [0.2, 0.25) is 0 Å². The van der Waals surface area contributed by atoms with Gasteiger partial charge in [0.2, 0.25) is 53.2 Å². The van der Waals surface area contributed by atoms with Crippen molar-refractivity contribution < 1.29 is 68.1 Å². The Kier molecular flexibility index (Phi) is 25.0. The van der Waals surface area contributed by atoms with E-state index in [0.29, 0.717) is 19.4 Å². The Hall–Kier alpha value is -7.19. The zero-order valence-corrected chi connectivity index (χ0v) is 39.8. The molecule has 1 heterocycles. The van der Waals surface area contributed by atoms with Crippen LogP contribution < -0.4 is 59.3 Å². The number of aliphatic hydroxyl groups is 1. The third-order valence-electron chi connectivity index (χ3n) is 10.6. The van der Waals surface area contributed by atoms with Crippen LogP contribution in [0.1, 0.15) is 78.7 Å². The highest BCUT2D eigenvalue weighted by molar-refractivity contribution is 5.97. The number of rotatable bonds is 31. The van der Waals surface area contributed by atoms with Crippen LogP contribution in [0.15, 0.2) is 30.5 Å². The molecule has 0 saturated heterocycles. The average molecular weight is 989 g/mol. The van der Waals surface area contributed by atoms with Gasteiger partial charge in [0.05, 0.1) is 25.7 Å². The summed E-state index contributed by atoms with van der Waals surface area (Å²) in [5.41, 5.74) is 13.2. The Morgan fingerprint density at radius 2 is 1.13 bits per heavy atom. The van der Waals surface area contributed by atoms with E-state index in [4.69, 9.17) is 11.5 Å². The number of H-pyrrole nitrogens is 1. The Bertz CT molecular complexity index is 2170. The largest absolute Gasteiger partial charge is 0.481 e. The number of aromatic nitrogens is 1. The highest BCUT2D eigenvalue weighted by Gasteiger charge is 2.31. The quantitative estimate of drug-likeness (QED) is 0.0319. The van der Waals surface area contributed by atoms with E-state index in [1.54, 1.807) is 20.0 Å². The fraction of sp³-hybridized carbons (Fsp3) is 0.568. The number of nitrogens with two attached hydrogens (primary N) is 2. The van der Waals surface area contributed by atoms with Gasteiger partial charge in [-0.05, 0) is 83.4 Å². The summed E-state index contributed by atoms with van der Waals surface area (Å²) in [5.74, 6) is -10.6. The van der Waals surface area contributed by atoms with Crippen molar-refractivity contribution in [3.05, 3.63) is 36.0 Å². The third-order valence-corrected chi connectivity index (χ3v) is 10.6. The number of hydrogen-bond donors (Lipinski definition) is 15. The minimum absolute atomic E-state index is 0.0369. The molecule has 26 nitrogen and oxygen atoms in total. The molecular weight excluding hydrogens is 921 g/mol. The highest BCUT2D eigenvalue weighted by Crippen LogP contribution is 2.19. The summed E-state index contributed by atoms with van der Waals surface area (Å²) in [4.78, 5) is 142. The van der Waals surface area contributed by atoms with Crippen molar-refractivity contribution in [2.75, 3.05) is 26.2 Å². The van der Waals surface area contributed by atoms with Crippen LogP contribution in [0, 0.1) is 5.92 Å². The predicted molar refractivity (Wildman–Crippen MR) is 250 cm³/mol. The lowest BCUT2D eigenvalue weighted by molar-refractivity contribution is -0.142. The Morgan fingerprint density at radius 3 is 1.69 bits per heavy atom. The molecular formula is C44H68N12O14. The van der Waals surface area contributed by atoms with E-state index in [1.807, 2.05) is 24.3 Å². The van der Waals surface area contributed by atoms with Crippen LogP contribution in [0.4, 0.5) is 0 Å². The Morgan fingerprint density at radius 1 is 0.600 bits per heavy atom. The maximum absolute atomic E-state index is 13.4. The SMILES string of the molecule is CC(C)C[C@H](NC(=O)[C@H](C)NC(=O)[C@H](CO)NC(=O)CNC(=O)[C@H](C)NC(=O)[C@@H](N)Cc1c[nH]c2ccccc12)C(=O)N[C@@H](C)C(=O)N[C@@H](CCC(=O)O)C(=O)NCC(=O)N[C@@H](CCCCN)C(=O)O. The molecule has 1 aromatic carbocycles. The number of aliphatic carboxylic acids is 2. The van der Waals surface area contributed by atoms with Gasteiger partial charge in [-0.25, -0.2) is 4.79 Å². The monoisotopic (exact) mass is 988 g/mol. The molecule has 70 heavy (non-hydrogen) atoms. The second-order valence-electron chi connectivity index (χ2n) is 17.0. The van der Waals surface area contributed by atoms with Crippen LogP contribution in [0.3, 0.4) is 0 Å². The number of nitrogens with one attached hydrogen (secondary N) is 10. The maximum Gasteiger partial charge on any atom is 0.326 e. The number of fused-ring (bicyclic) bond motifs is 1. The first-order valence-electron chi connectivity index (χ1n) is 22.7. The van der Waals surface area contributed by atoms with Crippen molar-refractivity contribution in [2.45, 2.75) is 128 Å². The maximum atomic E-state index is 13.4. The average Bonchev–Trinajstić information content (AvgIpc) is 3.71. The molecule has 388 valence electrons. The molecule has 26 heteroatoms. The lowest BCUT2D eigenvalue weighted by Gasteiger charge is -2.25. The first-order valence-corrected chi connectivity index (χ1v) is 22.7. The second-order valence-corrected chi connectivity index (χ2v) is 17.0. The number of hydrogen-bond acceptors (Lipinski definition) is 14. The molecule has 0 bridgehead atoms. The number of unbranched alkanes of at least 4 members (excludes halogenated alkanes) is 1. The predicted octanol–water partition coefficient (Wildman–Crippen LogP) is -4.16. The standard InChI is InChI=1S/C44H68N12O14/c1-22(2)16-32(42(67)51-24(4)38(63)55-30(13-14-36(60)61)41(66)49-20-34(58)53-31(44(69)70)12-8-9-15-45)56-39(64)25(5)52-43(68)33(21-57)54-35(59)19-48-37(62)23(3)50-40(65)28(46)17-26-18-47-29-11-7-6-10-27(26)29/h6-7,10-11,18,22-25,28,30-33,47,57H,8-9,12-17,19-21,45-46H2,1-5H3,(H,48,62)(H,49,66)(H,50,65)(H,51,67)(H,52,68)(H,53,58)(H,54,59)(H,55,63)(H,56,64)(H,60,61)(H,69,70)/t23-,24-,25-,28-,30-,31-,32-,33-/m0/s1. The summed E-state index contributed by atoms with van der Waals surface area (Å²) >= 11 is 0. The first kappa shape index (κ1) is 58.9. The molecule has 1 aromatic heterocycles. The third kappa shape index (κ3) is 20.6. The molecule has 2 rings (SSSR count). The number of carboxylic acid groups (broad SMARTS) is 2. The van der Waals surface area contributed by atoms with Gasteiger partial charge in [0.1, 0.15) is 42.3 Å². The number of carbonyl (C=O) groups is 11. The summed E-state index contributed by atoms with van der Waals surface area (Å²) in [6.45, 7) is 5.39. The normalized spacial score (nSPS) is 14.5. The van der Waals surface area contributed by atoms with E-state index in [2.05, 4.69) is 52.8 Å². The second kappa shape index (κ2) is 29.6. The molecule has 0 aliphatic carbocycles. The van der Waals surface area contributed by atoms with Gasteiger partial charge in [-0.15, -0.1) is 0 Å². The van der Waals surface area contributed by atoms with E-state index in [-0.39, 0.29) is 25.2 Å². The molecule has 17 N–H and O–H groups in total. The van der Waals surface area contributed by atoms with Crippen molar-refractivity contribution in [1.82, 2.24) is 52.8 Å². The van der Waals surface area contributed by atoms with E-state index in [0.717, 1.165) is 16.5 Å². The lowest BCUT2D eigenvalue weighted by atomic mass is 10.0. The summed E-state index contributed by atoms with van der Waals surface area (Å²) in [6, 6.07) is -3.00. The number of amides is 9. The first-order chi connectivity index (χ1) is 33.0. The molecule has 0 fully saturated rings. The van der Waals surface area contributed by atoms with Gasteiger partial charge in [0, 0.05) is 23.5 Å². The number of para-hydroxylation sites is 1. The van der Waals surface area contributed by atoms with Crippen LogP contribution in [-0.4, -0.2) is 160 Å². The summed E-state index contributed by atoms with van der Waals surface area (Å²) in [5, 5.41) is 50.5. The Balaban J connectivity index is 1.93. The van der Waals surface area contributed by atoms with Gasteiger partial charge in [-0.1, -0.05) is 32.0 Å². The van der Waals surface area contributed by atoms with Gasteiger partial charge in [-0.2, -0.15) is 0 Å². The molecule has 8 atom stereocenters. The van der Waals surface area contributed by atoms with Crippen LogP contribution in [-0.2, 0) is 59.2 Å². The number of carboxylic acids is 2. The fourth-order valence-corrected chi connectivity index (χ4v) is 6.65. The van der Waals surface area contributed by atoms with Gasteiger partial charge in [0.15, 0.2) is 0 Å². The van der Waals surface area contributed by atoms with E-state index in [9.17, 15) is 68.1 Å². The highest BCUT2D eigenvalue weighted by atomic mass is 16.4. The molecule has 0 unspecified atom stereocenters. The number of benzene rings is 1. The lowest BCUT2D eigenvalue weighted by Crippen LogP contribution is -2.59. The van der Waals surface area contributed by atoms with E-state index < -0.39 is 146 Å². The van der Waals surface area contributed by atoms with Crippen molar-refractivity contribution in [3.63, 3.8) is 0 Å². The van der Waals surface area contributed by atoms with Crippen LogP contribution in [0.25, 0.3) is 10.9 Å². The van der Waals surface area contributed by atoms with Gasteiger partial charge in [0.25, 0.3) is 0 Å². The van der Waals surface area contributed by atoms with Crippen LogP contribution in [0.5, 0.6) is 0 Å². The van der Waals surface area contributed by atoms with E-state index >= 15 is 0 Å². The minimum atomic E-state index is -1.59. The van der Waals surface area contributed by atoms with Gasteiger partial charge < -0.3 is 79.6 Å². The van der Waals surface area contributed by atoms with Crippen molar-refractivity contribution in [1.29, 1.82) is 0 Å². The molecule has 0 spiro atoms. The van der Waals surface area contributed by atoms with Crippen molar-refractivity contribution in [3.8, 4) is 0 Å². The molecule has 2 aromatic rings. The zero-order valence-electron chi connectivity index (χ0n) is 39.8. The topological polar surface area (TPSA) is 425 Å².